The number of hydrogen-bond acceptors (Lipinski definition) is 9. The van der Waals surface area contributed by atoms with Crippen LogP contribution in [0.2, 0.25) is 0 Å². The van der Waals surface area contributed by atoms with E-state index < -0.39 is 35.8 Å². The summed E-state index contributed by atoms with van der Waals surface area (Å²) in [5, 5.41) is 7.72. The van der Waals surface area contributed by atoms with Gasteiger partial charge in [0.05, 0.1) is 18.7 Å². The highest BCUT2D eigenvalue weighted by atomic mass is 32.2. The number of amides is 3. The van der Waals surface area contributed by atoms with Crippen LogP contribution in [0.3, 0.4) is 0 Å². The highest BCUT2D eigenvalue weighted by Gasteiger charge is 2.26. The highest BCUT2D eigenvalue weighted by molar-refractivity contribution is 8.13. The number of aromatic nitrogens is 1. The van der Waals surface area contributed by atoms with Crippen molar-refractivity contribution in [2.24, 2.45) is 0 Å². The Balaban J connectivity index is 2.36. The molecule has 2 heterocycles. The van der Waals surface area contributed by atoms with Crippen LogP contribution in [0.5, 0.6) is 0 Å². The van der Waals surface area contributed by atoms with Crippen molar-refractivity contribution in [2.45, 2.75) is 50.3 Å². The predicted molar refractivity (Wildman–Crippen MR) is 143 cm³/mol. The number of thioether (sulfide) groups is 2. The number of rotatable bonds is 6. The number of esters is 1. The van der Waals surface area contributed by atoms with Crippen LogP contribution in [0.25, 0.3) is 0 Å². The maximum Gasteiger partial charge on any atom is 0.333 e. The molecule has 12 heteroatoms. The molecule has 1 aromatic heterocycles. The molecule has 3 amide bonds. The summed E-state index contributed by atoms with van der Waals surface area (Å²) in [6.45, 7) is 6.66. The van der Waals surface area contributed by atoms with Crippen LogP contribution in [0.4, 0.5) is 0 Å². The largest absolute Gasteiger partial charge is 0.456 e. The number of pyridine rings is 1. The van der Waals surface area contributed by atoms with Gasteiger partial charge in [0.2, 0.25) is 5.91 Å². The van der Waals surface area contributed by atoms with Crippen molar-refractivity contribution in [3.63, 3.8) is 0 Å². The zero-order chi connectivity index (χ0) is 27.4. The molecule has 2 atom stereocenters. The van der Waals surface area contributed by atoms with E-state index in [0.717, 1.165) is 11.8 Å². The van der Waals surface area contributed by atoms with Gasteiger partial charge in [-0.3, -0.25) is 19.2 Å². The summed E-state index contributed by atoms with van der Waals surface area (Å²) >= 11 is 2.48. The SMILES string of the molecule is C=C[C@@H]1NC(=O)/C(=C/C)NC(=O)c2nc(ccc2SC)CNC(=O)C[C@@H](/C=C/CCSC(C)=O)OC1=O. The summed E-state index contributed by atoms with van der Waals surface area (Å²) in [4.78, 5) is 67.3. The number of fused-ring (bicyclic) bond motifs is 2. The fraction of sp³-hybridized carbons (Fsp3) is 0.360. The molecule has 1 aliphatic rings. The molecule has 0 aromatic carbocycles. The molecule has 198 valence electrons. The summed E-state index contributed by atoms with van der Waals surface area (Å²) in [6.07, 6.45) is 7.10. The predicted octanol–water partition coefficient (Wildman–Crippen LogP) is 2.27. The van der Waals surface area contributed by atoms with E-state index >= 15 is 0 Å². The summed E-state index contributed by atoms with van der Waals surface area (Å²) in [5.41, 5.74) is 0.457. The maximum atomic E-state index is 12.9. The highest BCUT2D eigenvalue weighted by Crippen LogP contribution is 2.20. The Labute approximate surface area is 224 Å². The lowest BCUT2D eigenvalue weighted by molar-refractivity contribution is -0.150. The van der Waals surface area contributed by atoms with E-state index in [2.05, 4.69) is 27.5 Å². The van der Waals surface area contributed by atoms with Crippen LogP contribution in [-0.4, -0.2) is 57.9 Å². The van der Waals surface area contributed by atoms with Gasteiger partial charge in [-0.25, -0.2) is 9.78 Å². The van der Waals surface area contributed by atoms with Gasteiger partial charge in [0.25, 0.3) is 11.8 Å². The lowest BCUT2D eigenvalue weighted by Gasteiger charge is -2.20. The Bertz CT molecular complexity index is 1120. The number of ether oxygens (including phenoxy) is 1. The van der Waals surface area contributed by atoms with Crippen molar-refractivity contribution in [1.82, 2.24) is 20.9 Å². The van der Waals surface area contributed by atoms with Crippen molar-refractivity contribution in [3.05, 3.63) is 60.1 Å². The molecule has 2 rings (SSSR count). The Hall–Kier alpha value is -3.38. The van der Waals surface area contributed by atoms with Gasteiger partial charge >= 0.3 is 5.97 Å². The number of hydrogen-bond donors (Lipinski definition) is 3. The molecule has 37 heavy (non-hydrogen) atoms. The van der Waals surface area contributed by atoms with E-state index in [0.29, 0.717) is 22.8 Å². The van der Waals surface area contributed by atoms with Gasteiger partial charge in [-0.15, -0.1) is 18.3 Å². The third kappa shape index (κ3) is 9.54. The van der Waals surface area contributed by atoms with E-state index in [1.807, 2.05) is 0 Å². The Morgan fingerprint density at radius 3 is 2.65 bits per heavy atom. The average molecular weight is 547 g/mol. The van der Waals surface area contributed by atoms with E-state index in [1.165, 1.54) is 30.8 Å². The molecule has 0 saturated carbocycles. The zero-order valence-electron chi connectivity index (χ0n) is 20.9. The van der Waals surface area contributed by atoms with Crippen LogP contribution in [-0.2, 0) is 30.5 Å². The lowest BCUT2D eigenvalue weighted by Crippen LogP contribution is -2.45. The first-order valence-corrected chi connectivity index (χ1v) is 13.6. The van der Waals surface area contributed by atoms with Crippen LogP contribution in [0, 0.1) is 0 Å². The molecule has 3 N–H and O–H groups in total. The van der Waals surface area contributed by atoms with Crippen LogP contribution in [0.15, 0.2) is 53.6 Å². The normalized spacial score (nSPS) is 20.7. The fourth-order valence-electron chi connectivity index (χ4n) is 3.12. The molecular weight excluding hydrogens is 516 g/mol. The van der Waals surface area contributed by atoms with Gasteiger partial charge in [-0.2, -0.15) is 0 Å². The second-order valence-corrected chi connectivity index (χ2v) is 9.83. The quantitative estimate of drug-likeness (QED) is 0.161. The average Bonchev–Trinajstić information content (AvgIpc) is 2.87. The molecule has 0 saturated heterocycles. The van der Waals surface area contributed by atoms with Gasteiger partial charge in [0.15, 0.2) is 5.12 Å². The molecular formula is C25H30N4O6S2. The molecule has 10 nitrogen and oxygen atoms in total. The number of carbonyl (C=O) groups excluding carboxylic acids is 5. The zero-order valence-corrected chi connectivity index (χ0v) is 22.5. The van der Waals surface area contributed by atoms with Crippen molar-refractivity contribution in [3.8, 4) is 0 Å². The van der Waals surface area contributed by atoms with Crippen molar-refractivity contribution < 1.29 is 28.7 Å². The monoisotopic (exact) mass is 546 g/mol. The second-order valence-electron chi connectivity index (χ2n) is 7.71. The molecule has 0 unspecified atom stereocenters. The standard InChI is InChI=1S/C25H30N4O6S2/c1-5-18-23(32)29-19(6-2)25(34)35-17(9-7-8-12-37-15(3)30)13-21(31)26-14-16-10-11-20(36-4)22(27-16)24(33)28-18/h5-7,9-11,17,19H,2,8,12-14H2,1,3-4H3,(H,26,31)(H,28,33)(H,29,32)/b9-7+,18-5-/t17-,19+/m1/s1. The van der Waals surface area contributed by atoms with Crippen molar-refractivity contribution in [1.29, 1.82) is 0 Å². The van der Waals surface area contributed by atoms with E-state index in [1.54, 1.807) is 37.5 Å². The lowest BCUT2D eigenvalue weighted by atomic mass is 10.2. The van der Waals surface area contributed by atoms with Crippen LogP contribution < -0.4 is 16.0 Å². The fourth-order valence-corrected chi connectivity index (χ4v) is 4.20. The van der Waals surface area contributed by atoms with Gasteiger partial charge < -0.3 is 20.7 Å². The molecule has 0 spiro atoms. The Kier molecular flexibility index (Phi) is 12.1. The smallest absolute Gasteiger partial charge is 0.333 e. The number of cyclic esters (lactones) is 1. The second kappa shape index (κ2) is 15.0. The van der Waals surface area contributed by atoms with Crippen molar-refractivity contribution in [2.75, 3.05) is 12.0 Å². The minimum atomic E-state index is -1.23. The van der Waals surface area contributed by atoms with Gasteiger partial charge in [-0.05, 0) is 37.8 Å². The number of carbonyl (C=O) groups is 5. The van der Waals surface area contributed by atoms with Gasteiger partial charge in [-0.1, -0.05) is 30.0 Å². The minimum absolute atomic E-state index is 0.00695. The first kappa shape index (κ1) is 29.8. The Morgan fingerprint density at radius 1 is 1.24 bits per heavy atom. The molecule has 0 radical (unpaired) electrons. The van der Waals surface area contributed by atoms with Crippen LogP contribution >= 0.6 is 23.5 Å². The van der Waals surface area contributed by atoms with Crippen LogP contribution in [0.1, 0.15) is 42.9 Å². The van der Waals surface area contributed by atoms with Gasteiger partial charge in [0, 0.05) is 17.6 Å². The third-order valence-corrected chi connectivity index (χ3v) is 6.59. The minimum Gasteiger partial charge on any atom is -0.456 e. The van der Waals surface area contributed by atoms with E-state index in [-0.39, 0.29) is 29.5 Å². The third-order valence-electron chi connectivity index (χ3n) is 4.97. The molecule has 0 aliphatic carbocycles. The van der Waals surface area contributed by atoms with E-state index in [4.69, 9.17) is 4.74 Å². The first-order valence-electron chi connectivity index (χ1n) is 11.4. The summed E-state index contributed by atoms with van der Waals surface area (Å²) in [7, 11) is 0. The maximum absolute atomic E-state index is 12.9. The Morgan fingerprint density at radius 2 is 2.00 bits per heavy atom. The first-order chi connectivity index (χ1) is 17.7. The number of allylic oxidation sites excluding steroid dienone is 2. The summed E-state index contributed by atoms with van der Waals surface area (Å²) in [5.74, 6) is -2.03. The molecule has 0 fully saturated rings. The molecule has 2 bridgehead atoms. The number of nitrogens with zero attached hydrogens (tertiary/aromatic N) is 1. The number of nitrogens with one attached hydrogen (secondary N) is 3. The topological polar surface area (TPSA) is 144 Å². The van der Waals surface area contributed by atoms with E-state index in [9.17, 15) is 24.0 Å². The summed E-state index contributed by atoms with van der Waals surface area (Å²) in [6, 6.07) is 2.17. The van der Waals surface area contributed by atoms with Gasteiger partial charge in [0.1, 0.15) is 23.5 Å². The van der Waals surface area contributed by atoms with Crippen molar-refractivity contribution >= 4 is 52.3 Å². The summed E-state index contributed by atoms with van der Waals surface area (Å²) < 4.78 is 5.49. The molecule has 1 aromatic rings. The molecule has 1 aliphatic heterocycles.